The molecule has 1 aromatic rings. The number of hydrogen-bond donors (Lipinski definition) is 2. The van der Waals surface area contributed by atoms with Gasteiger partial charge in [-0.3, -0.25) is 4.79 Å². The van der Waals surface area contributed by atoms with Crippen molar-refractivity contribution in [1.82, 2.24) is 5.32 Å². The Morgan fingerprint density at radius 1 is 1.58 bits per heavy atom. The lowest BCUT2D eigenvalue weighted by Crippen LogP contribution is -2.36. The average Bonchev–Trinajstić information content (AvgIpc) is 2.81. The van der Waals surface area contributed by atoms with Gasteiger partial charge in [-0.1, -0.05) is 24.9 Å². The van der Waals surface area contributed by atoms with Gasteiger partial charge in [-0.2, -0.15) is 0 Å². The monoisotopic (exact) mass is 283 g/mol. The molecule has 2 N–H and O–H groups in total. The topological polar surface area (TPSA) is 58.6 Å². The van der Waals surface area contributed by atoms with Gasteiger partial charge < -0.3 is 15.2 Å². The molecular weight excluding hydrogens is 266 g/mol. The summed E-state index contributed by atoms with van der Waals surface area (Å²) in [5.74, 6) is 0.0407. The van der Waals surface area contributed by atoms with Crippen molar-refractivity contribution < 1.29 is 14.6 Å². The van der Waals surface area contributed by atoms with Gasteiger partial charge in [0, 0.05) is 23.6 Å². The van der Waals surface area contributed by atoms with Crippen molar-refractivity contribution in [3.05, 3.63) is 28.3 Å². The van der Waals surface area contributed by atoms with Crippen LogP contribution in [0.15, 0.2) is 12.1 Å². The minimum atomic E-state index is -0.818. The minimum Gasteiger partial charge on any atom is -0.493 e. The summed E-state index contributed by atoms with van der Waals surface area (Å²) in [7, 11) is 0. The van der Waals surface area contributed by atoms with E-state index in [2.05, 4.69) is 5.32 Å². The summed E-state index contributed by atoms with van der Waals surface area (Å²) in [6, 6.07) is 3.22. The number of rotatable bonds is 6. The number of aliphatic carboxylic acids is 1. The van der Waals surface area contributed by atoms with E-state index in [1.54, 1.807) is 0 Å². The molecule has 1 aromatic carbocycles. The summed E-state index contributed by atoms with van der Waals surface area (Å²) in [4.78, 5) is 11.1. The second-order valence-electron chi connectivity index (χ2n) is 4.71. The molecule has 1 heterocycles. The SMILES string of the molecule is CCCC(NCc1cc(Cl)cc2c1OCC2)C(=O)O. The molecule has 0 saturated heterocycles. The van der Waals surface area contributed by atoms with Gasteiger partial charge in [0.1, 0.15) is 11.8 Å². The number of fused-ring (bicyclic) bond motifs is 1. The van der Waals surface area contributed by atoms with Crippen molar-refractivity contribution >= 4 is 17.6 Å². The maximum atomic E-state index is 11.1. The third-order valence-corrected chi connectivity index (χ3v) is 3.46. The van der Waals surface area contributed by atoms with Gasteiger partial charge in [-0.05, 0) is 24.1 Å². The number of carboxylic acids is 1. The number of carbonyl (C=O) groups is 1. The van der Waals surface area contributed by atoms with Crippen LogP contribution in [0.4, 0.5) is 0 Å². The number of ether oxygens (including phenoxy) is 1. The number of benzene rings is 1. The van der Waals surface area contributed by atoms with E-state index < -0.39 is 12.0 Å². The molecule has 4 nitrogen and oxygen atoms in total. The van der Waals surface area contributed by atoms with E-state index in [0.717, 1.165) is 29.7 Å². The Morgan fingerprint density at radius 2 is 2.37 bits per heavy atom. The molecule has 2 rings (SSSR count). The third kappa shape index (κ3) is 3.39. The average molecular weight is 284 g/mol. The Balaban J connectivity index is 2.09. The fraction of sp³-hybridized carbons (Fsp3) is 0.500. The first-order valence-corrected chi connectivity index (χ1v) is 6.90. The predicted octanol–water partition coefficient (Wildman–Crippen LogP) is 2.62. The Morgan fingerprint density at radius 3 is 3.05 bits per heavy atom. The Kier molecular flexibility index (Phi) is 4.66. The molecular formula is C14H18ClNO3. The molecule has 0 aliphatic carbocycles. The maximum absolute atomic E-state index is 11.1. The smallest absolute Gasteiger partial charge is 0.320 e. The largest absolute Gasteiger partial charge is 0.493 e. The molecule has 0 aromatic heterocycles. The fourth-order valence-corrected chi connectivity index (χ4v) is 2.58. The third-order valence-electron chi connectivity index (χ3n) is 3.24. The lowest BCUT2D eigenvalue weighted by molar-refractivity contribution is -0.139. The van der Waals surface area contributed by atoms with Gasteiger partial charge >= 0.3 is 5.97 Å². The van der Waals surface area contributed by atoms with E-state index in [0.29, 0.717) is 24.6 Å². The van der Waals surface area contributed by atoms with Gasteiger partial charge in [-0.15, -0.1) is 0 Å². The summed E-state index contributed by atoms with van der Waals surface area (Å²) in [6.45, 7) is 3.09. The molecule has 104 valence electrons. The summed E-state index contributed by atoms with van der Waals surface area (Å²) in [5, 5.41) is 12.8. The molecule has 0 spiro atoms. The van der Waals surface area contributed by atoms with Crippen LogP contribution in [-0.2, 0) is 17.8 Å². The van der Waals surface area contributed by atoms with Gasteiger partial charge in [0.25, 0.3) is 0 Å². The van der Waals surface area contributed by atoms with Crippen molar-refractivity contribution in [3.63, 3.8) is 0 Å². The first kappa shape index (κ1) is 14.2. The van der Waals surface area contributed by atoms with E-state index in [1.165, 1.54) is 0 Å². The Labute approximate surface area is 117 Å². The number of halogens is 1. The van der Waals surface area contributed by atoms with Crippen LogP contribution in [0.5, 0.6) is 5.75 Å². The minimum absolute atomic E-state index is 0.458. The van der Waals surface area contributed by atoms with Crippen LogP contribution >= 0.6 is 11.6 Å². The van der Waals surface area contributed by atoms with E-state index >= 15 is 0 Å². The van der Waals surface area contributed by atoms with Crippen molar-refractivity contribution in [1.29, 1.82) is 0 Å². The Bertz CT molecular complexity index is 476. The van der Waals surface area contributed by atoms with Crippen LogP contribution in [0, 0.1) is 0 Å². The standard InChI is InChI=1S/C14H18ClNO3/c1-2-3-12(14(17)18)16-8-10-7-11(15)6-9-4-5-19-13(9)10/h6-7,12,16H,2-5,8H2,1H3,(H,17,18). The summed E-state index contributed by atoms with van der Waals surface area (Å²) in [6.07, 6.45) is 2.30. The number of nitrogens with one attached hydrogen (secondary N) is 1. The van der Waals surface area contributed by atoms with Crippen molar-refractivity contribution in [2.24, 2.45) is 0 Å². The highest BCUT2D eigenvalue weighted by molar-refractivity contribution is 6.30. The summed E-state index contributed by atoms with van der Waals surface area (Å²) >= 11 is 6.07. The maximum Gasteiger partial charge on any atom is 0.320 e. The van der Waals surface area contributed by atoms with Gasteiger partial charge in [0.05, 0.1) is 6.61 Å². The molecule has 1 aliphatic heterocycles. The summed E-state index contributed by atoms with van der Waals surface area (Å²) in [5.41, 5.74) is 2.04. The predicted molar refractivity (Wildman–Crippen MR) is 73.8 cm³/mol. The van der Waals surface area contributed by atoms with E-state index in [4.69, 9.17) is 21.4 Å². The second-order valence-corrected chi connectivity index (χ2v) is 5.15. The molecule has 0 saturated carbocycles. The number of hydrogen-bond acceptors (Lipinski definition) is 3. The second kappa shape index (κ2) is 6.26. The Hall–Kier alpha value is -1.26. The molecule has 1 unspecified atom stereocenters. The summed E-state index contributed by atoms with van der Waals surface area (Å²) < 4.78 is 5.59. The molecule has 1 aliphatic rings. The molecule has 5 heteroatoms. The first-order chi connectivity index (χ1) is 9.11. The molecule has 0 amide bonds. The van der Waals surface area contributed by atoms with Crippen molar-refractivity contribution in [2.75, 3.05) is 6.61 Å². The van der Waals surface area contributed by atoms with Crippen molar-refractivity contribution in [3.8, 4) is 5.75 Å². The van der Waals surface area contributed by atoms with Crippen LogP contribution in [-0.4, -0.2) is 23.7 Å². The number of carboxylic acid groups (broad SMARTS) is 1. The molecule has 0 radical (unpaired) electrons. The van der Waals surface area contributed by atoms with Crippen molar-refractivity contribution in [2.45, 2.75) is 38.8 Å². The molecule has 1 atom stereocenters. The van der Waals surface area contributed by atoms with Crippen LogP contribution < -0.4 is 10.1 Å². The zero-order chi connectivity index (χ0) is 13.8. The van der Waals surface area contributed by atoms with E-state index in [9.17, 15) is 4.79 Å². The quantitative estimate of drug-likeness (QED) is 0.843. The fourth-order valence-electron chi connectivity index (χ4n) is 2.31. The lowest BCUT2D eigenvalue weighted by Gasteiger charge is -2.15. The molecule has 19 heavy (non-hydrogen) atoms. The van der Waals surface area contributed by atoms with Crippen LogP contribution in [0.1, 0.15) is 30.9 Å². The highest BCUT2D eigenvalue weighted by atomic mass is 35.5. The van der Waals surface area contributed by atoms with E-state index in [1.807, 2.05) is 19.1 Å². The van der Waals surface area contributed by atoms with Gasteiger partial charge in [-0.25, -0.2) is 0 Å². The first-order valence-electron chi connectivity index (χ1n) is 6.52. The normalized spacial score (nSPS) is 14.8. The van der Waals surface area contributed by atoms with Gasteiger partial charge in [0.15, 0.2) is 0 Å². The lowest BCUT2D eigenvalue weighted by atomic mass is 10.1. The van der Waals surface area contributed by atoms with Crippen LogP contribution in [0.2, 0.25) is 5.02 Å². The van der Waals surface area contributed by atoms with Gasteiger partial charge in [0.2, 0.25) is 0 Å². The van der Waals surface area contributed by atoms with E-state index in [-0.39, 0.29) is 0 Å². The highest BCUT2D eigenvalue weighted by Crippen LogP contribution is 2.32. The molecule has 0 fully saturated rings. The zero-order valence-electron chi connectivity index (χ0n) is 10.9. The van der Waals surface area contributed by atoms with Crippen LogP contribution in [0.25, 0.3) is 0 Å². The van der Waals surface area contributed by atoms with Crippen LogP contribution in [0.3, 0.4) is 0 Å². The molecule has 0 bridgehead atoms. The highest BCUT2D eigenvalue weighted by Gasteiger charge is 2.20. The zero-order valence-corrected chi connectivity index (χ0v) is 11.7.